The molecule has 1 heterocycles. The number of aromatic amines is 1. The first-order valence-corrected chi connectivity index (χ1v) is 6.05. The van der Waals surface area contributed by atoms with Crippen molar-refractivity contribution in [2.24, 2.45) is 0 Å². The predicted octanol–water partition coefficient (Wildman–Crippen LogP) is 4.03. The minimum Gasteiger partial charge on any atom is -0.495 e. The second kappa shape index (κ2) is 4.55. The summed E-state index contributed by atoms with van der Waals surface area (Å²) in [6, 6.07) is 9.83. The maximum atomic E-state index is 13.2. The van der Waals surface area contributed by atoms with Crippen molar-refractivity contribution in [3.63, 3.8) is 0 Å². The number of hydrogen-bond acceptors (Lipinski definition) is 2. The SMILES string of the molecule is COc1cccc(-c2nc3ccc(F)cc3[nH]2)c1Cl. The van der Waals surface area contributed by atoms with Crippen molar-refractivity contribution >= 4 is 22.6 Å². The van der Waals surface area contributed by atoms with E-state index in [2.05, 4.69) is 9.97 Å². The molecule has 5 heteroatoms. The van der Waals surface area contributed by atoms with Gasteiger partial charge in [0.15, 0.2) is 0 Å². The van der Waals surface area contributed by atoms with Gasteiger partial charge in [0.2, 0.25) is 0 Å². The summed E-state index contributed by atoms with van der Waals surface area (Å²) >= 11 is 6.24. The van der Waals surface area contributed by atoms with Gasteiger partial charge in [-0.2, -0.15) is 0 Å². The van der Waals surface area contributed by atoms with Gasteiger partial charge in [0.25, 0.3) is 0 Å². The summed E-state index contributed by atoms with van der Waals surface area (Å²) in [6.45, 7) is 0. The van der Waals surface area contributed by atoms with E-state index in [1.165, 1.54) is 12.1 Å². The van der Waals surface area contributed by atoms with Crippen molar-refractivity contribution in [2.75, 3.05) is 7.11 Å². The first-order valence-electron chi connectivity index (χ1n) is 5.67. The van der Waals surface area contributed by atoms with E-state index in [4.69, 9.17) is 16.3 Å². The molecule has 2 aromatic carbocycles. The van der Waals surface area contributed by atoms with Crippen LogP contribution in [0.5, 0.6) is 5.75 Å². The van der Waals surface area contributed by atoms with E-state index in [0.29, 0.717) is 27.6 Å². The van der Waals surface area contributed by atoms with Crippen LogP contribution in [0.15, 0.2) is 36.4 Å². The monoisotopic (exact) mass is 276 g/mol. The Kier molecular flexibility index (Phi) is 2.87. The van der Waals surface area contributed by atoms with E-state index in [1.54, 1.807) is 19.2 Å². The molecule has 1 N–H and O–H groups in total. The Balaban J connectivity index is 2.19. The van der Waals surface area contributed by atoms with Gasteiger partial charge in [-0.3, -0.25) is 0 Å². The Bertz CT molecular complexity index is 754. The maximum Gasteiger partial charge on any atom is 0.140 e. The number of rotatable bonds is 2. The smallest absolute Gasteiger partial charge is 0.140 e. The van der Waals surface area contributed by atoms with E-state index >= 15 is 0 Å². The third-order valence-electron chi connectivity index (χ3n) is 2.88. The van der Waals surface area contributed by atoms with Crippen LogP contribution < -0.4 is 4.74 Å². The Morgan fingerprint density at radius 3 is 2.89 bits per heavy atom. The average molecular weight is 277 g/mol. The van der Waals surface area contributed by atoms with Gasteiger partial charge in [-0.05, 0) is 30.3 Å². The summed E-state index contributed by atoms with van der Waals surface area (Å²) in [4.78, 5) is 7.45. The van der Waals surface area contributed by atoms with Crippen molar-refractivity contribution in [1.29, 1.82) is 0 Å². The van der Waals surface area contributed by atoms with E-state index < -0.39 is 0 Å². The fraction of sp³-hybridized carbons (Fsp3) is 0.0714. The quantitative estimate of drug-likeness (QED) is 0.767. The number of hydrogen-bond donors (Lipinski definition) is 1. The second-order valence-corrected chi connectivity index (χ2v) is 4.45. The fourth-order valence-corrected chi connectivity index (χ4v) is 2.25. The number of nitrogens with zero attached hydrogens (tertiary/aromatic N) is 1. The Morgan fingerprint density at radius 2 is 2.11 bits per heavy atom. The van der Waals surface area contributed by atoms with Gasteiger partial charge >= 0.3 is 0 Å². The molecule has 0 saturated heterocycles. The molecular weight excluding hydrogens is 267 g/mol. The number of H-pyrrole nitrogens is 1. The fourth-order valence-electron chi connectivity index (χ4n) is 1.96. The molecule has 0 aliphatic heterocycles. The number of imidazole rings is 1. The molecule has 0 aliphatic rings. The lowest BCUT2D eigenvalue weighted by Gasteiger charge is -2.05. The first-order chi connectivity index (χ1) is 9.19. The molecule has 0 saturated carbocycles. The lowest BCUT2D eigenvalue weighted by atomic mass is 10.2. The number of ether oxygens (including phenoxy) is 1. The highest BCUT2D eigenvalue weighted by Gasteiger charge is 2.12. The number of nitrogens with one attached hydrogen (secondary N) is 1. The normalized spacial score (nSPS) is 10.9. The van der Waals surface area contributed by atoms with Crippen LogP contribution in [-0.4, -0.2) is 17.1 Å². The van der Waals surface area contributed by atoms with Crippen molar-refractivity contribution in [3.05, 3.63) is 47.2 Å². The summed E-state index contributed by atoms with van der Waals surface area (Å²) in [5.74, 6) is 0.856. The van der Waals surface area contributed by atoms with Gasteiger partial charge in [-0.25, -0.2) is 9.37 Å². The van der Waals surface area contributed by atoms with Gasteiger partial charge in [-0.1, -0.05) is 17.7 Å². The molecule has 0 amide bonds. The van der Waals surface area contributed by atoms with Crippen molar-refractivity contribution in [3.8, 4) is 17.1 Å². The second-order valence-electron chi connectivity index (χ2n) is 4.07. The molecule has 0 unspecified atom stereocenters. The van der Waals surface area contributed by atoms with Crippen LogP contribution in [0.2, 0.25) is 5.02 Å². The summed E-state index contributed by atoms with van der Waals surface area (Å²) in [5, 5.41) is 0.476. The zero-order valence-electron chi connectivity index (χ0n) is 10.1. The third kappa shape index (κ3) is 2.04. The molecule has 0 radical (unpaired) electrons. The molecule has 0 aliphatic carbocycles. The van der Waals surface area contributed by atoms with Crippen LogP contribution in [0.4, 0.5) is 4.39 Å². The molecule has 3 nitrogen and oxygen atoms in total. The maximum absolute atomic E-state index is 13.2. The molecule has 0 bridgehead atoms. The third-order valence-corrected chi connectivity index (χ3v) is 3.27. The van der Waals surface area contributed by atoms with Crippen molar-refractivity contribution < 1.29 is 9.13 Å². The van der Waals surface area contributed by atoms with Crippen LogP contribution in [0.1, 0.15) is 0 Å². The largest absolute Gasteiger partial charge is 0.495 e. The Hall–Kier alpha value is -2.07. The molecular formula is C14H10ClFN2O. The van der Waals surface area contributed by atoms with Gasteiger partial charge in [-0.15, -0.1) is 0 Å². The van der Waals surface area contributed by atoms with Crippen LogP contribution in [0, 0.1) is 5.82 Å². The topological polar surface area (TPSA) is 37.9 Å². The highest BCUT2D eigenvalue weighted by Crippen LogP contribution is 2.34. The minimum absolute atomic E-state index is 0.306. The predicted molar refractivity (Wildman–Crippen MR) is 73.0 cm³/mol. The number of methoxy groups -OCH3 is 1. The number of benzene rings is 2. The van der Waals surface area contributed by atoms with E-state index in [0.717, 1.165) is 5.56 Å². The molecule has 96 valence electrons. The summed E-state index contributed by atoms with van der Waals surface area (Å²) < 4.78 is 18.3. The lowest BCUT2D eigenvalue weighted by Crippen LogP contribution is -1.87. The highest BCUT2D eigenvalue weighted by atomic mass is 35.5. The number of halogens is 2. The highest BCUT2D eigenvalue weighted by molar-refractivity contribution is 6.34. The van der Waals surface area contributed by atoms with E-state index in [1.807, 2.05) is 12.1 Å². The summed E-state index contributed by atoms with van der Waals surface area (Å²) in [6.07, 6.45) is 0. The molecule has 3 aromatic rings. The first kappa shape index (κ1) is 12.0. The number of fused-ring (bicyclic) bond motifs is 1. The van der Waals surface area contributed by atoms with Crippen LogP contribution >= 0.6 is 11.6 Å². The summed E-state index contributed by atoms with van der Waals surface area (Å²) in [7, 11) is 1.55. The standard InChI is InChI=1S/C14H10ClFN2O/c1-19-12-4-2-3-9(13(12)15)14-17-10-6-5-8(16)7-11(10)18-14/h2-7H,1H3,(H,17,18). The van der Waals surface area contributed by atoms with Gasteiger partial charge in [0.05, 0.1) is 23.2 Å². The van der Waals surface area contributed by atoms with Gasteiger partial charge in [0.1, 0.15) is 17.4 Å². The van der Waals surface area contributed by atoms with Crippen LogP contribution in [0.25, 0.3) is 22.4 Å². The van der Waals surface area contributed by atoms with E-state index in [9.17, 15) is 4.39 Å². The van der Waals surface area contributed by atoms with Crippen LogP contribution in [-0.2, 0) is 0 Å². The zero-order chi connectivity index (χ0) is 13.4. The summed E-state index contributed by atoms with van der Waals surface area (Å²) in [5.41, 5.74) is 2.04. The molecule has 19 heavy (non-hydrogen) atoms. The van der Waals surface area contributed by atoms with Gasteiger partial charge < -0.3 is 9.72 Å². The zero-order valence-corrected chi connectivity index (χ0v) is 10.8. The molecule has 3 rings (SSSR count). The van der Waals surface area contributed by atoms with Gasteiger partial charge in [0, 0.05) is 5.56 Å². The van der Waals surface area contributed by atoms with Crippen molar-refractivity contribution in [2.45, 2.75) is 0 Å². The Labute approximate surface area is 114 Å². The number of aromatic nitrogens is 2. The van der Waals surface area contributed by atoms with Crippen LogP contribution in [0.3, 0.4) is 0 Å². The minimum atomic E-state index is -0.306. The van der Waals surface area contributed by atoms with Crippen molar-refractivity contribution in [1.82, 2.24) is 9.97 Å². The average Bonchev–Trinajstić information content (AvgIpc) is 2.81. The lowest BCUT2D eigenvalue weighted by molar-refractivity contribution is 0.415. The molecule has 1 aromatic heterocycles. The molecule has 0 atom stereocenters. The van der Waals surface area contributed by atoms with E-state index in [-0.39, 0.29) is 5.82 Å². The molecule has 0 spiro atoms. The Morgan fingerprint density at radius 1 is 1.26 bits per heavy atom. The molecule has 0 fully saturated rings.